The Morgan fingerprint density at radius 2 is 1.64 bits per heavy atom. The molecular formula is C26H28FN3O7S2. The quantitative estimate of drug-likeness (QED) is 0.415. The average Bonchev–Trinajstić information content (AvgIpc) is 2.93. The summed E-state index contributed by atoms with van der Waals surface area (Å²) in [5.41, 5.74) is 1.25. The molecule has 3 aromatic rings. The Balaban J connectivity index is 1.63. The Kier molecular flexibility index (Phi) is 8.54. The van der Waals surface area contributed by atoms with Crippen LogP contribution in [0.3, 0.4) is 0 Å². The van der Waals surface area contributed by atoms with Crippen molar-refractivity contribution in [1.82, 2.24) is 4.31 Å². The molecule has 1 fully saturated rings. The third-order valence-electron chi connectivity index (χ3n) is 6.05. The van der Waals surface area contributed by atoms with E-state index < -0.39 is 38.3 Å². The molecule has 1 N–H and O–H groups in total. The fourth-order valence-corrected chi connectivity index (χ4v) is 6.98. The second-order valence-corrected chi connectivity index (χ2v) is 12.5. The lowest BCUT2D eigenvalue weighted by atomic mass is 10.2. The molecule has 0 aliphatic carbocycles. The highest BCUT2D eigenvalue weighted by atomic mass is 32.2. The van der Waals surface area contributed by atoms with Crippen LogP contribution in [0.4, 0.5) is 15.8 Å². The van der Waals surface area contributed by atoms with Gasteiger partial charge in [-0.05, 0) is 61.5 Å². The van der Waals surface area contributed by atoms with Gasteiger partial charge in [-0.2, -0.15) is 4.31 Å². The minimum absolute atomic E-state index is 0.0969. The van der Waals surface area contributed by atoms with Crippen LogP contribution in [-0.4, -0.2) is 67.0 Å². The first kappa shape index (κ1) is 28.5. The summed E-state index contributed by atoms with van der Waals surface area (Å²) < 4.78 is 79.6. The van der Waals surface area contributed by atoms with Gasteiger partial charge < -0.3 is 14.8 Å². The Morgan fingerprint density at radius 1 is 1.00 bits per heavy atom. The van der Waals surface area contributed by atoms with Crippen molar-refractivity contribution in [2.45, 2.75) is 16.7 Å². The fraction of sp³-hybridized carbons (Fsp3) is 0.269. The van der Waals surface area contributed by atoms with Crippen LogP contribution in [0, 0.1) is 12.7 Å². The molecule has 0 bridgehead atoms. The second-order valence-electron chi connectivity index (χ2n) is 8.73. The number of carbonyl (C=O) groups excluding carboxylic acids is 1. The first-order valence-electron chi connectivity index (χ1n) is 11.9. The van der Waals surface area contributed by atoms with Crippen LogP contribution in [0.15, 0.2) is 76.5 Å². The normalized spacial score (nSPS) is 14.5. The Bertz CT molecular complexity index is 1540. The van der Waals surface area contributed by atoms with Crippen molar-refractivity contribution >= 4 is 37.3 Å². The maximum atomic E-state index is 13.5. The number of nitrogens with one attached hydrogen (secondary N) is 1. The molecule has 1 heterocycles. The van der Waals surface area contributed by atoms with Crippen LogP contribution < -0.4 is 14.4 Å². The monoisotopic (exact) mass is 577 g/mol. The standard InChI is InChI=1S/C26H28FN3O7S2/c1-19-3-8-22(9-4-19)30(38(32,33)23-10-5-20(27)6-11-23)18-26(31)28-21-7-12-24(36-2)25(17-21)39(34,35)29-13-15-37-16-14-29/h3-12,17H,13-16,18H2,1-2H3,(H,28,31). The average molecular weight is 578 g/mol. The van der Waals surface area contributed by atoms with E-state index in [1.807, 2.05) is 6.92 Å². The first-order chi connectivity index (χ1) is 18.5. The van der Waals surface area contributed by atoms with Crippen molar-refractivity contribution in [3.05, 3.63) is 78.1 Å². The van der Waals surface area contributed by atoms with Crippen molar-refractivity contribution in [1.29, 1.82) is 0 Å². The van der Waals surface area contributed by atoms with Crippen LogP contribution in [0.2, 0.25) is 0 Å². The molecule has 0 spiro atoms. The Labute approximate surface area is 227 Å². The molecule has 1 aliphatic rings. The maximum Gasteiger partial charge on any atom is 0.264 e. The number of hydrogen-bond donors (Lipinski definition) is 1. The summed E-state index contributed by atoms with van der Waals surface area (Å²) in [5, 5.41) is 2.58. The number of aryl methyl sites for hydroxylation is 1. The highest BCUT2D eigenvalue weighted by molar-refractivity contribution is 7.92. The van der Waals surface area contributed by atoms with Crippen LogP contribution in [0.1, 0.15) is 5.56 Å². The molecule has 39 heavy (non-hydrogen) atoms. The minimum atomic E-state index is -4.26. The Hall–Kier alpha value is -3.52. The molecule has 3 aromatic carbocycles. The molecule has 4 rings (SSSR count). The number of amides is 1. The third-order valence-corrected chi connectivity index (χ3v) is 9.75. The van der Waals surface area contributed by atoms with E-state index in [2.05, 4.69) is 5.32 Å². The Morgan fingerprint density at radius 3 is 2.26 bits per heavy atom. The molecule has 1 amide bonds. The molecule has 10 nitrogen and oxygen atoms in total. The molecule has 0 radical (unpaired) electrons. The summed E-state index contributed by atoms with van der Waals surface area (Å²) in [4.78, 5) is 12.8. The van der Waals surface area contributed by atoms with E-state index >= 15 is 0 Å². The number of morpholine rings is 1. The molecule has 0 saturated carbocycles. The highest BCUT2D eigenvalue weighted by Crippen LogP contribution is 2.30. The summed E-state index contributed by atoms with van der Waals surface area (Å²) >= 11 is 0. The summed E-state index contributed by atoms with van der Waals surface area (Å²) in [6.07, 6.45) is 0. The molecule has 1 saturated heterocycles. The SMILES string of the molecule is COc1ccc(NC(=O)CN(c2ccc(C)cc2)S(=O)(=O)c2ccc(F)cc2)cc1S(=O)(=O)N1CCOCC1. The minimum Gasteiger partial charge on any atom is -0.495 e. The van der Waals surface area contributed by atoms with Crippen molar-refractivity contribution in [3.8, 4) is 5.75 Å². The van der Waals surface area contributed by atoms with E-state index in [0.717, 1.165) is 34.1 Å². The van der Waals surface area contributed by atoms with E-state index in [0.29, 0.717) is 0 Å². The van der Waals surface area contributed by atoms with Crippen LogP contribution in [0.5, 0.6) is 5.75 Å². The molecular weight excluding hydrogens is 549 g/mol. The smallest absolute Gasteiger partial charge is 0.264 e. The topological polar surface area (TPSA) is 122 Å². The van der Waals surface area contributed by atoms with Gasteiger partial charge in [0.25, 0.3) is 10.0 Å². The lowest BCUT2D eigenvalue weighted by Crippen LogP contribution is -2.40. The third kappa shape index (κ3) is 6.38. The summed E-state index contributed by atoms with van der Waals surface area (Å²) in [7, 11) is -6.87. The van der Waals surface area contributed by atoms with Gasteiger partial charge in [0, 0.05) is 18.8 Å². The van der Waals surface area contributed by atoms with Crippen LogP contribution >= 0.6 is 0 Å². The molecule has 0 aromatic heterocycles. The lowest BCUT2D eigenvalue weighted by Gasteiger charge is -2.27. The van der Waals surface area contributed by atoms with E-state index in [4.69, 9.17) is 9.47 Å². The number of halogens is 1. The summed E-state index contributed by atoms with van der Waals surface area (Å²) in [6.45, 7) is 2.08. The molecule has 208 valence electrons. The number of ether oxygens (including phenoxy) is 2. The van der Waals surface area contributed by atoms with Gasteiger partial charge in [0.15, 0.2) is 0 Å². The maximum absolute atomic E-state index is 13.5. The van der Waals surface area contributed by atoms with E-state index in [1.54, 1.807) is 24.3 Å². The van der Waals surface area contributed by atoms with Crippen molar-refractivity contribution < 1.29 is 35.5 Å². The predicted octanol–water partition coefficient (Wildman–Crippen LogP) is 3.00. The van der Waals surface area contributed by atoms with Gasteiger partial charge in [-0.15, -0.1) is 0 Å². The second kappa shape index (κ2) is 11.7. The van der Waals surface area contributed by atoms with Gasteiger partial charge in [0.2, 0.25) is 15.9 Å². The number of carbonyl (C=O) groups is 1. The van der Waals surface area contributed by atoms with Crippen molar-refractivity contribution in [2.75, 3.05) is 49.6 Å². The van der Waals surface area contributed by atoms with Gasteiger partial charge in [-0.25, -0.2) is 21.2 Å². The molecule has 1 aliphatic heterocycles. The zero-order chi connectivity index (χ0) is 28.2. The fourth-order valence-electron chi connectivity index (χ4n) is 3.97. The molecule has 13 heteroatoms. The number of hydrogen-bond acceptors (Lipinski definition) is 7. The predicted molar refractivity (Wildman–Crippen MR) is 143 cm³/mol. The van der Waals surface area contributed by atoms with E-state index in [1.165, 1.54) is 29.6 Å². The van der Waals surface area contributed by atoms with Gasteiger partial charge in [0.05, 0.1) is 30.9 Å². The number of sulfonamides is 2. The van der Waals surface area contributed by atoms with Crippen LogP contribution in [0.25, 0.3) is 0 Å². The van der Waals surface area contributed by atoms with Crippen molar-refractivity contribution in [3.63, 3.8) is 0 Å². The zero-order valence-corrected chi connectivity index (χ0v) is 23.0. The lowest BCUT2D eigenvalue weighted by molar-refractivity contribution is -0.114. The van der Waals surface area contributed by atoms with Gasteiger partial charge in [0.1, 0.15) is 23.0 Å². The summed E-state index contributed by atoms with van der Waals surface area (Å²) in [5.74, 6) is -1.23. The molecule has 0 unspecified atom stereocenters. The first-order valence-corrected chi connectivity index (χ1v) is 14.8. The number of anilines is 2. The number of methoxy groups -OCH3 is 1. The molecule has 0 atom stereocenters. The highest BCUT2D eigenvalue weighted by Gasteiger charge is 2.31. The zero-order valence-electron chi connectivity index (χ0n) is 21.3. The van der Waals surface area contributed by atoms with Gasteiger partial charge in [-0.1, -0.05) is 17.7 Å². The van der Waals surface area contributed by atoms with Crippen LogP contribution in [-0.2, 0) is 29.6 Å². The largest absolute Gasteiger partial charge is 0.495 e. The number of rotatable bonds is 9. The van der Waals surface area contributed by atoms with Gasteiger partial charge in [-0.3, -0.25) is 9.10 Å². The number of nitrogens with zero attached hydrogens (tertiary/aromatic N) is 2. The van der Waals surface area contributed by atoms with Gasteiger partial charge >= 0.3 is 0 Å². The number of benzene rings is 3. The van der Waals surface area contributed by atoms with Crippen molar-refractivity contribution in [2.24, 2.45) is 0 Å². The summed E-state index contributed by atoms with van der Waals surface area (Å²) in [6, 6.07) is 14.9. The van der Waals surface area contributed by atoms with E-state index in [-0.39, 0.29) is 53.2 Å². The van der Waals surface area contributed by atoms with E-state index in [9.17, 15) is 26.0 Å².